The fraction of sp³-hybridized carbons (Fsp3) is 0.571. The molecule has 0 heterocycles. The summed E-state index contributed by atoms with van der Waals surface area (Å²) in [7, 11) is 1.43. The maximum Gasteiger partial charge on any atom is 0.0484 e. The van der Waals surface area contributed by atoms with Crippen molar-refractivity contribution in [1.29, 1.82) is 0 Å². The Morgan fingerprint density at radius 2 is 1.58 bits per heavy atom. The lowest BCUT2D eigenvalue weighted by Gasteiger charge is -2.18. The van der Waals surface area contributed by atoms with Crippen LogP contribution in [0, 0.1) is 0 Å². The van der Waals surface area contributed by atoms with Gasteiger partial charge in [0, 0.05) is 19.1 Å². The molecule has 0 aliphatic rings. The molecule has 5 heteroatoms. The van der Waals surface area contributed by atoms with E-state index in [4.69, 9.17) is 16.1 Å². The monoisotopic (exact) mass is 271 g/mol. The number of aryl methyl sites for hydroxylation is 1. The van der Waals surface area contributed by atoms with E-state index in [0.717, 1.165) is 12.0 Å². The molecule has 2 unspecified atom stereocenters. The number of nitrogens with one attached hydrogen (secondary N) is 2. The second-order valence-corrected chi connectivity index (χ2v) is 3.76. The zero-order valence-electron chi connectivity index (χ0n) is 12.6. The van der Waals surface area contributed by atoms with Crippen molar-refractivity contribution in [3.8, 4) is 0 Å². The summed E-state index contributed by atoms with van der Waals surface area (Å²) < 4.78 is 0. The predicted octanol–water partition coefficient (Wildman–Crippen LogP) is 2.24. The third kappa shape index (κ3) is 8.69. The maximum atomic E-state index is 8.74. The largest absolute Gasteiger partial charge is 0.323 e. The van der Waals surface area contributed by atoms with Crippen molar-refractivity contribution in [2.45, 2.75) is 46.2 Å². The molecule has 0 bridgehead atoms. The Kier molecular flexibility index (Phi) is 14.4. The van der Waals surface area contributed by atoms with Crippen LogP contribution in [-0.4, -0.2) is 23.5 Å². The van der Waals surface area contributed by atoms with Gasteiger partial charge < -0.3 is 16.1 Å². The standard InChI is InChI=1S/C11H18N2O.C2H6.CH5NO/c1-3-9-4-6-10(7-5-9)11(12)8(2)13-14;1-2;1-2-3/h4-8,11,13-14H,3,12H2,1-2H3;1-2H3;2-3H,1H3. The van der Waals surface area contributed by atoms with Gasteiger partial charge in [0.05, 0.1) is 0 Å². The van der Waals surface area contributed by atoms with Gasteiger partial charge in [-0.05, 0) is 24.5 Å². The molecular formula is C14H29N3O2. The third-order valence-corrected chi connectivity index (χ3v) is 2.52. The minimum absolute atomic E-state index is 0.137. The Hall–Kier alpha value is -0.980. The Morgan fingerprint density at radius 3 is 1.89 bits per heavy atom. The van der Waals surface area contributed by atoms with Crippen LogP contribution in [0.2, 0.25) is 0 Å². The third-order valence-electron chi connectivity index (χ3n) is 2.52. The van der Waals surface area contributed by atoms with Gasteiger partial charge in [-0.15, -0.1) is 0 Å². The molecule has 6 N–H and O–H groups in total. The van der Waals surface area contributed by atoms with Crippen molar-refractivity contribution in [3.05, 3.63) is 35.4 Å². The van der Waals surface area contributed by atoms with Crippen LogP contribution in [-0.2, 0) is 6.42 Å². The molecule has 0 fully saturated rings. The first-order valence-corrected chi connectivity index (χ1v) is 6.65. The fourth-order valence-electron chi connectivity index (χ4n) is 1.34. The lowest BCUT2D eigenvalue weighted by molar-refractivity contribution is 0.121. The number of benzene rings is 1. The van der Waals surface area contributed by atoms with Gasteiger partial charge in [0.15, 0.2) is 0 Å². The first kappa shape index (κ1) is 20.3. The number of nitrogens with two attached hydrogens (primary N) is 1. The summed E-state index contributed by atoms with van der Waals surface area (Å²) in [6.07, 6.45) is 1.03. The number of hydroxylamine groups is 2. The minimum atomic E-state index is -0.175. The van der Waals surface area contributed by atoms with Crippen molar-refractivity contribution < 1.29 is 10.4 Å². The Bertz CT molecular complexity index is 291. The highest BCUT2D eigenvalue weighted by atomic mass is 16.5. The Morgan fingerprint density at radius 1 is 1.16 bits per heavy atom. The van der Waals surface area contributed by atoms with Crippen LogP contribution in [0.25, 0.3) is 0 Å². The second-order valence-electron chi connectivity index (χ2n) is 3.76. The summed E-state index contributed by atoms with van der Waals surface area (Å²) in [6.45, 7) is 7.96. The molecular weight excluding hydrogens is 242 g/mol. The van der Waals surface area contributed by atoms with Crippen LogP contribution in [0.3, 0.4) is 0 Å². The minimum Gasteiger partial charge on any atom is -0.323 e. The van der Waals surface area contributed by atoms with Gasteiger partial charge in [-0.2, -0.15) is 0 Å². The van der Waals surface area contributed by atoms with Crippen LogP contribution in [0.15, 0.2) is 24.3 Å². The summed E-state index contributed by atoms with van der Waals surface area (Å²) in [6, 6.07) is 7.85. The molecule has 19 heavy (non-hydrogen) atoms. The predicted molar refractivity (Wildman–Crippen MR) is 79.3 cm³/mol. The van der Waals surface area contributed by atoms with Gasteiger partial charge in [0.1, 0.15) is 0 Å². The molecule has 112 valence electrons. The maximum absolute atomic E-state index is 8.74. The molecule has 0 amide bonds. The molecule has 0 aliphatic heterocycles. The lowest BCUT2D eigenvalue weighted by Crippen LogP contribution is -2.34. The van der Waals surface area contributed by atoms with Crippen molar-refractivity contribution in [1.82, 2.24) is 11.0 Å². The van der Waals surface area contributed by atoms with Gasteiger partial charge in [-0.1, -0.05) is 45.0 Å². The number of hydrogen-bond donors (Lipinski definition) is 5. The van der Waals surface area contributed by atoms with Crippen LogP contribution in [0.5, 0.6) is 0 Å². The van der Waals surface area contributed by atoms with E-state index in [2.05, 4.69) is 24.5 Å². The highest BCUT2D eigenvalue weighted by molar-refractivity contribution is 5.25. The molecule has 0 aliphatic carbocycles. The van der Waals surface area contributed by atoms with E-state index in [1.165, 1.54) is 12.6 Å². The van der Waals surface area contributed by atoms with E-state index in [0.29, 0.717) is 0 Å². The zero-order valence-corrected chi connectivity index (χ0v) is 12.6. The average Bonchev–Trinajstić information content (AvgIpc) is 2.48. The van der Waals surface area contributed by atoms with Crippen molar-refractivity contribution >= 4 is 0 Å². The highest BCUT2D eigenvalue weighted by Crippen LogP contribution is 2.14. The molecule has 5 nitrogen and oxygen atoms in total. The summed E-state index contributed by atoms with van der Waals surface area (Å²) in [4.78, 5) is 0. The van der Waals surface area contributed by atoms with E-state index < -0.39 is 0 Å². The summed E-state index contributed by atoms with van der Waals surface area (Å²) in [5.41, 5.74) is 12.2. The number of hydrogen-bond acceptors (Lipinski definition) is 5. The topological polar surface area (TPSA) is 90.5 Å². The molecule has 0 saturated carbocycles. The Labute approximate surface area is 116 Å². The molecule has 2 atom stereocenters. The molecule has 0 saturated heterocycles. The van der Waals surface area contributed by atoms with Gasteiger partial charge in [-0.25, -0.2) is 11.0 Å². The summed E-state index contributed by atoms with van der Waals surface area (Å²) in [5, 5.41) is 16.1. The van der Waals surface area contributed by atoms with Crippen molar-refractivity contribution in [2.75, 3.05) is 7.05 Å². The first-order chi connectivity index (χ1) is 9.10. The van der Waals surface area contributed by atoms with E-state index in [1.807, 2.05) is 32.9 Å². The van der Waals surface area contributed by atoms with Gasteiger partial charge in [-0.3, -0.25) is 0 Å². The molecule has 0 radical (unpaired) electrons. The van der Waals surface area contributed by atoms with Crippen LogP contribution in [0.1, 0.15) is 44.9 Å². The first-order valence-electron chi connectivity index (χ1n) is 6.65. The summed E-state index contributed by atoms with van der Waals surface area (Å²) >= 11 is 0. The van der Waals surface area contributed by atoms with Gasteiger partial charge in [0.25, 0.3) is 0 Å². The molecule has 1 aromatic carbocycles. The molecule has 0 spiro atoms. The summed E-state index contributed by atoms with van der Waals surface area (Å²) in [5.74, 6) is 0. The Balaban J connectivity index is 0. The van der Waals surface area contributed by atoms with Crippen LogP contribution in [0.4, 0.5) is 0 Å². The normalized spacial score (nSPS) is 12.4. The van der Waals surface area contributed by atoms with Gasteiger partial charge >= 0.3 is 0 Å². The van der Waals surface area contributed by atoms with Crippen LogP contribution >= 0.6 is 0 Å². The average molecular weight is 271 g/mol. The SMILES string of the molecule is CC.CCc1ccc(C(N)C(C)NO)cc1.CNO. The van der Waals surface area contributed by atoms with E-state index in [1.54, 1.807) is 5.48 Å². The fourth-order valence-corrected chi connectivity index (χ4v) is 1.34. The smallest absolute Gasteiger partial charge is 0.0484 e. The van der Waals surface area contributed by atoms with E-state index >= 15 is 0 Å². The molecule has 1 aromatic rings. The van der Waals surface area contributed by atoms with E-state index in [9.17, 15) is 0 Å². The highest BCUT2D eigenvalue weighted by Gasteiger charge is 2.13. The molecule has 1 rings (SSSR count). The van der Waals surface area contributed by atoms with Gasteiger partial charge in [0.2, 0.25) is 0 Å². The number of rotatable bonds is 4. The second kappa shape index (κ2) is 13.5. The lowest BCUT2D eigenvalue weighted by atomic mass is 10.00. The quantitative estimate of drug-likeness (QED) is 0.542. The molecule has 0 aromatic heterocycles. The zero-order chi connectivity index (χ0) is 15.3. The van der Waals surface area contributed by atoms with E-state index in [-0.39, 0.29) is 12.1 Å². The van der Waals surface area contributed by atoms with Crippen LogP contribution < -0.4 is 16.7 Å². The van der Waals surface area contributed by atoms with Crippen molar-refractivity contribution in [2.24, 2.45) is 5.73 Å². The van der Waals surface area contributed by atoms with Crippen molar-refractivity contribution in [3.63, 3.8) is 0 Å².